The molecular weight excluding hydrogens is 236 g/mol. The molecule has 1 aliphatic rings. The fraction of sp³-hybridized carbons (Fsp3) is 0.562. The zero-order valence-corrected chi connectivity index (χ0v) is 12.1. The molecule has 0 aromatic heterocycles. The zero-order chi connectivity index (χ0) is 14.0. The highest BCUT2D eigenvalue weighted by molar-refractivity contribution is 5.78. The molecule has 1 aliphatic heterocycles. The summed E-state index contributed by atoms with van der Waals surface area (Å²) in [7, 11) is 0. The van der Waals surface area contributed by atoms with Gasteiger partial charge >= 0.3 is 0 Å². The molecule has 1 aromatic carbocycles. The van der Waals surface area contributed by atoms with Crippen molar-refractivity contribution in [1.82, 2.24) is 4.90 Å². The molecule has 0 spiro atoms. The molecule has 2 rings (SSSR count). The van der Waals surface area contributed by atoms with E-state index in [-0.39, 0.29) is 18.0 Å². The number of piperidine rings is 1. The van der Waals surface area contributed by atoms with E-state index in [0.717, 1.165) is 19.4 Å². The standard InChI is InChI=1S/C16H24N2O/c1-4-9-18-15(19)8-7-14(17)16(18)13-6-5-11(2)10-12(13)3/h5-6,10,14,16H,4,7-9,17H2,1-3H3. The molecular formula is C16H24N2O. The summed E-state index contributed by atoms with van der Waals surface area (Å²) in [5, 5.41) is 0. The van der Waals surface area contributed by atoms with E-state index < -0.39 is 0 Å². The Morgan fingerprint density at radius 2 is 2.11 bits per heavy atom. The summed E-state index contributed by atoms with van der Waals surface area (Å²) in [4.78, 5) is 14.1. The average Bonchev–Trinajstić information content (AvgIpc) is 2.36. The predicted octanol–water partition coefficient (Wildman–Crippen LogP) is 2.70. The molecule has 2 atom stereocenters. The van der Waals surface area contributed by atoms with Crippen molar-refractivity contribution in [3.63, 3.8) is 0 Å². The number of nitrogens with zero attached hydrogens (tertiary/aromatic N) is 1. The van der Waals surface area contributed by atoms with Gasteiger partial charge in [-0.15, -0.1) is 0 Å². The lowest BCUT2D eigenvalue weighted by Gasteiger charge is -2.40. The second-order valence-electron chi connectivity index (χ2n) is 5.59. The summed E-state index contributed by atoms with van der Waals surface area (Å²) in [6.45, 7) is 7.10. The van der Waals surface area contributed by atoms with Gasteiger partial charge in [-0.3, -0.25) is 4.79 Å². The van der Waals surface area contributed by atoms with Crippen LogP contribution in [0.4, 0.5) is 0 Å². The van der Waals surface area contributed by atoms with E-state index in [4.69, 9.17) is 5.73 Å². The van der Waals surface area contributed by atoms with Gasteiger partial charge in [0.25, 0.3) is 0 Å². The third-order valence-electron chi connectivity index (χ3n) is 3.96. The van der Waals surface area contributed by atoms with E-state index >= 15 is 0 Å². The summed E-state index contributed by atoms with van der Waals surface area (Å²) < 4.78 is 0. The lowest BCUT2D eigenvalue weighted by atomic mass is 9.87. The summed E-state index contributed by atoms with van der Waals surface area (Å²) in [5.41, 5.74) is 10.00. The molecule has 2 unspecified atom stereocenters. The van der Waals surface area contributed by atoms with Crippen LogP contribution in [0.25, 0.3) is 0 Å². The average molecular weight is 260 g/mol. The second-order valence-corrected chi connectivity index (χ2v) is 5.59. The highest BCUT2D eigenvalue weighted by atomic mass is 16.2. The summed E-state index contributed by atoms with van der Waals surface area (Å²) in [6.07, 6.45) is 2.35. The molecule has 3 heteroatoms. The Bertz CT molecular complexity index is 470. The molecule has 104 valence electrons. The van der Waals surface area contributed by atoms with Crippen LogP contribution < -0.4 is 5.73 Å². The zero-order valence-electron chi connectivity index (χ0n) is 12.1. The van der Waals surface area contributed by atoms with E-state index in [1.165, 1.54) is 16.7 Å². The molecule has 1 amide bonds. The van der Waals surface area contributed by atoms with Crippen molar-refractivity contribution in [2.24, 2.45) is 5.73 Å². The van der Waals surface area contributed by atoms with Crippen LogP contribution in [0, 0.1) is 13.8 Å². The number of likely N-dealkylation sites (tertiary alicyclic amines) is 1. The van der Waals surface area contributed by atoms with Crippen molar-refractivity contribution in [3.05, 3.63) is 34.9 Å². The molecule has 19 heavy (non-hydrogen) atoms. The van der Waals surface area contributed by atoms with Gasteiger partial charge in [0, 0.05) is 19.0 Å². The molecule has 0 saturated carbocycles. The van der Waals surface area contributed by atoms with Crippen molar-refractivity contribution in [2.75, 3.05) is 6.54 Å². The van der Waals surface area contributed by atoms with Gasteiger partial charge in [-0.05, 0) is 37.8 Å². The number of hydrogen-bond acceptors (Lipinski definition) is 2. The number of amides is 1. The predicted molar refractivity (Wildman–Crippen MR) is 77.9 cm³/mol. The fourth-order valence-corrected chi connectivity index (χ4v) is 3.04. The van der Waals surface area contributed by atoms with E-state index in [9.17, 15) is 4.79 Å². The number of nitrogens with two attached hydrogens (primary N) is 1. The van der Waals surface area contributed by atoms with Crippen LogP contribution in [0.1, 0.15) is 48.9 Å². The minimum absolute atomic E-state index is 0.0433. The van der Waals surface area contributed by atoms with Crippen molar-refractivity contribution >= 4 is 5.91 Å². The first-order chi connectivity index (χ1) is 9.04. The maximum absolute atomic E-state index is 12.2. The first-order valence-electron chi connectivity index (χ1n) is 7.16. The maximum Gasteiger partial charge on any atom is 0.223 e. The van der Waals surface area contributed by atoms with E-state index in [0.29, 0.717) is 6.42 Å². The molecule has 1 heterocycles. The molecule has 1 fully saturated rings. The number of carbonyl (C=O) groups excluding carboxylic acids is 1. The Morgan fingerprint density at radius 3 is 2.74 bits per heavy atom. The van der Waals surface area contributed by atoms with Crippen LogP contribution in [0.2, 0.25) is 0 Å². The molecule has 0 bridgehead atoms. The summed E-state index contributed by atoms with van der Waals surface area (Å²) >= 11 is 0. The number of carbonyl (C=O) groups is 1. The Hall–Kier alpha value is -1.35. The third-order valence-corrected chi connectivity index (χ3v) is 3.96. The largest absolute Gasteiger partial charge is 0.334 e. The van der Waals surface area contributed by atoms with Gasteiger partial charge in [-0.1, -0.05) is 30.7 Å². The number of hydrogen-bond donors (Lipinski definition) is 1. The molecule has 3 nitrogen and oxygen atoms in total. The minimum atomic E-state index is 0.0433. The van der Waals surface area contributed by atoms with E-state index in [2.05, 4.69) is 39.0 Å². The van der Waals surface area contributed by atoms with Crippen molar-refractivity contribution in [3.8, 4) is 0 Å². The fourth-order valence-electron chi connectivity index (χ4n) is 3.04. The topological polar surface area (TPSA) is 46.3 Å². The van der Waals surface area contributed by atoms with Gasteiger partial charge < -0.3 is 10.6 Å². The number of aryl methyl sites for hydroxylation is 2. The van der Waals surface area contributed by atoms with Gasteiger partial charge in [-0.2, -0.15) is 0 Å². The Labute approximate surface area is 115 Å². The van der Waals surface area contributed by atoms with Crippen molar-refractivity contribution < 1.29 is 4.79 Å². The lowest BCUT2D eigenvalue weighted by Crippen LogP contribution is -2.49. The minimum Gasteiger partial charge on any atom is -0.334 e. The van der Waals surface area contributed by atoms with Gasteiger partial charge in [-0.25, -0.2) is 0 Å². The van der Waals surface area contributed by atoms with Gasteiger partial charge in [0.1, 0.15) is 0 Å². The lowest BCUT2D eigenvalue weighted by molar-refractivity contribution is -0.137. The normalized spacial score (nSPS) is 23.8. The van der Waals surface area contributed by atoms with Gasteiger partial charge in [0.15, 0.2) is 0 Å². The van der Waals surface area contributed by atoms with Crippen LogP contribution in [-0.2, 0) is 4.79 Å². The number of benzene rings is 1. The molecule has 2 N–H and O–H groups in total. The SMILES string of the molecule is CCCN1C(=O)CCC(N)C1c1ccc(C)cc1C. The highest BCUT2D eigenvalue weighted by Crippen LogP contribution is 2.33. The smallest absolute Gasteiger partial charge is 0.223 e. The Morgan fingerprint density at radius 1 is 1.37 bits per heavy atom. The second kappa shape index (κ2) is 5.74. The van der Waals surface area contributed by atoms with Gasteiger partial charge in [0.05, 0.1) is 6.04 Å². The summed E-state index contributed by atoms with van der Waals surface area (Å²) in [6, 6.07) is 6.51. The number of rotatable bonds is 3. The highest BCUT2D eigenvalue weighted by Gasteiger charge is 2.34. The van der Waals surface area contributed by atoms with Crippen molar-refractivity contribution in [1.29, 1.82) is 0 Å². The molecule has 0 aliphatic carbocycles. The Balaban J connectivity index is 2.39. The van der Waals surface area contributed by atoms with Crippen LogP contribution in [0.15, 0.2) is 18.2 Å². The molecule has 0 radical (unpaired) electrons. The monoisotopic (exact) mass is 260 g/mol. The summed E-state index contributed by atoms with van der Waals surface area (Å²) in [5.74, 6) is 0.244. The first kappa shape index (κ1) is 14.1. The third kappa shape index (κ3) is 2.81. The van der Waals surface area contributed by atoms with Crippen molar-refractivity contribution in [2.45, 2.75) is 52.1 Å². The van der Waals surface area contributed by atoms with Crippen LogP contribution in [0.3, 0.4) is 0 Å². The molecule has 1 aromatic rings. The van der Waals surface area contributed by atoms with Crippen LogP contribution >= 0.6 is 0 Å². The van der Waals surface area contributed by atoms with Crippen LogP contribution in [0.5, 0.6) is 0 Å². The van der Waals surface area contributed by atoms with Gasteiger partial charge in [0.2, 0.25) is 5.91 Å². The van der Waals surface area contributed by atoms with Crippen LogP contribution in [-0.4, -0.2) is 23.4 Å². The van der Waals surface area contributed by atoms with E-state index in [1.54, 1.807) is 0 Å². The first-order valence-corrected chi connectivity index (χ1v) is 7.16. The maximum atomic E-state index is 12.2. The molecule has 1 saturated heterocycles. The van der Waals surface area contributed by atoms with E-state index in [1.807, 2.05) is 4.90 Å². The Kier molecular flexibility index (Phi) is 4.25. The quantitative estimate of drug-likeness (QED) is 0.908.